The van der Waals surface area contributed by atoms with E-state index in [4.69, 9.17) is 10.5 Å². The van der Waals surface area contributed by atoms with Crippen LogP contribution in [0.4, 0.5) is 0 Å². The molecule has 1 heterocycles. The largest absolute Gasteiger partial charge is 0.497 e. The maximum absolute atomic E-state index is 6.18. The fourth-order valence-corrected chi connectivity index (χ4v) is 1.72. The Morgan fingerprint density at radius 3 is 2.53 bits per heavy atom. The van der Waals surface area contributed by atoms with Crippen LogP contribution in [0.25, 0.3) is 0 Å². The summed E-state index contributed by atoms with van der Waals surface area (Å²) < 4.78 is 6.99. The second-order valence-electron chi connectivity index (χ2n) is 3.88. The van der Waals surface area contributed by atoms with Crippen LogP contribution in [0.3, 0.4) is 0 Å². The van der Waals surface area contributed by atoms with Gasteiger partial charge in [-0.25, -0.2) is 0 Å². The molecule has 1 aromatic carbocycles. The summed E-state index contributed by atoms with van der Waals surface area (Å²) in [4.78, 5) is 0. The van der Waals surface area contributed by atoms with Gasteiger partial charge in [-0.3, -0.25) is 4.68 Å². The minimum Gasteiger partial charge on any atom is -0.497 e. The lowest BCUT2D eigenvalue weighted by Crippen LogP contribution is -2.11. The van der Waals surface area contributed by atoms with E-state index < -0.39 is 0 Å². The fraction of sp³-hybridized carbons (Fsp3) is 0.308. The normalized spacial score (nSPS) is 12.4. The maximum atomic E-state index is 6.18. The van der Waals surface area contributed by atoms with Crippen molar-refractivity contribution in [3.63, 3.8) is 0 Å². The van der Waals surface area contributed by atoms with E-state index in [9.17, 15) is 0 Å². The van der Waals surface area contributed by atoms with E-state index in [0.29, 0.717) is 0 Å². The maximum Gasteiger partial charge on any atom is 0.118 e. The van der Waals surface area contributed by atoms with E-state index in [0.717, 1.165) is 23.4 Å². The van der Waals surface area contributed by atoms with Crippen LogP contribution in [0.5, 0.6) is 5.75 Å². The van der Waals surface area contributed by atoms with Gasteiger partial charge in [0.15, 0.2) is 0 Å². The molecule has 0 saturated heterocycles. The van der Waals surface area contributed by atoms with Crippen molar-refractivity contribution in [2.45, 2.75) is 19.5 Å². The van der Waals surface area contributed by atoms with Gasteiger partial charge in [-0.1, -0.05) is 12.1 Å². The number of hydrogen-bond donors (Lipinski definition) is 1. The SMILES string of the molecule is CCn1cc(C(N)c2ccc(OC)cc2)cn1. The van der Waals surface area contributed by atoms with Gasteiger partial charge in [0, 0.05) is 18.3 Å². The predicted molar refractivity (Wildman–Crippen MR) is 66.9 cm³/mol. The molecule has 2 rings (SSSR count). The van der Waals surface area contributed by atoms with E-state index in [-0.39, 0.29) is 6.04 Å². The molecule has 0 amide bonds. The molecular weight excluding hydrogens is 214 g/mol. The summed E-state index contributed by atoms with van der Waals surface area (Å²) in [5, 5.41) is 4.23. The van der Waals surface area contributed by atoms with Crippen LogP contribution < -0.4 is 10.5 Å². The molecule has 0 aliphatic carbocycles. The summed E-state index contributed by atoms with van der Waals surface area (Å²) in [6.45, 7) is 2.91. The number of nitrogens with two attached hydrogens (primary N) is 1. The Bertz CT molecular complexity index is 476. The van der Waals surface area contributed by atoms with Crippen molar-refractivity contribution in [1.29, 1.82) is 0 Å². The number of hydrogen-bond acceptors (Lipinski definition) is 3. The smallest absolute Gasteiger partial charge is 0.118 e. The number of rotatable bonds is 4. The van der Waals surface area contributed by atoms with E-state index >= 15 is 0 Å². The first-order chi connectivity index (χ1) is 8.24. The summed E-state index contributed by atoms with van der Waals surface area (Å²) in [7, 11) is 1.65. The van der Waals surface area contributed by atoms with E-state index in [2.05, 4.69) is 12.0 Å². The molecule has 2 N–H and O–H groups in total. The van der Waals surface area contributed by atoms with Gasteiger partial charge in [0.2, 0.25) is 0 Å². The van der Waals surface area contributed by atoms with Crippen molar-refractivity contribution in [2.75, 3.05) is 7.11 Å². The average molecular weight is 231 g/mol. The molecule has 1 unspecified atom stereocenters. The Kier molecular flexibility index (Phi) is 3.44. The first-order valence-corrected chi connectivity index (χ1v) is 5.66. The van der Waals surface area contributed by atoms with Gasteiger partial charge in [-0.2, -0.15) is 5.10 Å². The Morgan fingerprint density at radius 2 is 2.00 bits per heavy atom. The van der Waals surface area contributed by atoms with Crippen molar-refractivity contribution >= 4 is 0 Å². The number of ether oxygens (including phenoxy) is 1. The minimum absolute atomic E-state index is 0.138. The number of aryl methyl sites for hydroxylation is 1. The van der Waals surface area contributed by atoms with Crippen molar-refractivity contribution in [3.05, 3.63) is 47.8 Å². The number of aromatic nitrogens is 2. The fourth-order valence-electron chi connectivity index (χ4n) is 1.72. The topological polar surface area (TPSA) is 53.1 Å². The molecule has 0 radical (unpaired) electrons. The molecule has 1 aromatic heterocycles. The minimum atomic E-state index is -0.138. The Balaban J connectivity index is 2.20. The van der Waals surface area contributed by atoms with Gasteiger partial charge in [-0.15, -0.1) is 0 Å². The quantitative estimate of drug-likeness (QED) is 0.875. The predicted octanol–water partition coefficient (Wildman–Crippen LogP) is 1.96. The molecule has 4 nitrogen and oxygen atoms in total. The standard InChI is InChI=1S/C13H17N3O/c1-3-16-9-11(8-15-16)13(14)10-4-6-12(17-2)7-5-10/h4-9,13H,3,14H2,1-2H3. The molecule has 0 spiro atoms. The molecule has 1 atom stereocenters. The van der Waals surface area contributed by atoms with E-state index in [1.807, 2.05) is 41.3 Å². The number of nitrogens with zero attached hydrogens (tertiary/aromatic N) is 2. The highest BCUT2D eigenvalue weighted by Crippen LogP contribution is 2.21. The second kappa shape index (κ2) is 5.01. The Morgan fingerprint density at radius 1 is 1.29 bits per heavy atom. The first-order valence-electron chi connectivity index (χ1n) is 5.66. The summed E-state index contributed by atoms with van der Waals surface area (Å²) in [5.74, 6) is 0.838. The summed E-state index contributed by atoms with van der Waals surface area (Å²) in [6.07, 6.45) is 3.80. The van der Waals surface area contributed by atoms with Gasteiger partial charge in [0.05, 0.1) is 19.3 Å². The summed E-state index contributed by atoms with van der Waals surface area (Å²) >= 11 is 0. The van der Waals surface area contributed by atoms with Crippen LogP contribution in [0, 0.1) is 0 Å². The Labute approximate surface area is 101 Å². The third-order valence-corrected chi connectivity index (χ3v) is 2.81. The molecule has 90 valence electrons. The van der Waals surface area contributed by atoms with Gasteiger partial charge in [-0.05, 0) is 24.6 Å². The molecule has 4 heteroatoms. The van der Waals surface area contributed by atoms with E-state index in [1.54, 1.807) is 7.11 Å². The van der Waals surface area contributed by atoms with Crippen molar-refractivity contribution in [3.8, 4) is 5.75 Å². The van der Waals surface area contributed by atoms with Gasteiger partial charge in [0.25, 0.3) is 0 Å². The molecule has 0 saturated carbocycles. The van der Waals surface area contributed by atoms with Crippen molar-refractivity contribution < 1.29 is 4.74 Å². The van der Waals surface area contributed by atoms with Crippen LogP contribution in [0.15, 0.2) is 36.7 Å². The highest BCUT2D eigenvalue weighted by Gasteiger charge is 2.10. The lowest BCUT2D eigenvalue weighted by molar-refractivity contribution is 0.414. The first kappa shape index (κ1) is 11.7. The van der Waals surface area contributed by atoms with Crippen molar-refractivity contribution in [2.24, 2.45) is 5.73 Å². The molecule has 17 heavy (non-hydrogen) atoms. The molecule has 0 aliphatic rings. The molecular formula is C13H17N3O. The molecule has 0 bridgehead atoms. The molecule has 0 fully saturated rings. The summed E-state index contributed by atoms with van der Waals surface area (Å²) in [6, 6.07) is 7.65. The van der Waals surface area contributed by atoms with Crippen LogP contribution >= 0.6 is 0 Å². The second-order valence-corrected chi connectivity index (χ2v) is 3.88. The van der Waals surface area contributed by atoms with E-state index in [1.165, 1.54) is 0 Å². The number of methoxy groups -OCH3 is 1. The monoisotopic (exact) mass is 231 g/mol. The lowest BCUT2D eigenvalue weighted by atomic mass is 10.0. The molecule has 0 aliphatic heterocycles. The third kappa shape index (κ3) is 2.47. The van der Waals surface area contributed by atoms with Gasteiger partial charge in [0.1, 0.15) is 5.75 Å². The zero-order valence-corrected chi connectivity index (χ0v) is 10.1. The molecule has 2 aromatic rings. The van der Waals surface area contributed by atoms with Crippen LogP contribution in [-0.2, 0) is 6.54 Å². The van der Waals surface area contributed by atoms with Crippen LogP contribution in [0.2, 0.25) is 0 Å². The third-order valence-electron chi connectivity index (χ3n) is 2.81. The summed E-state index contributed by atoms with van der Waals surface area (Å²) in [5.41, 5.74) is 8.26. The zero-order valence-electron chi connectivity index (χ0n) is 10.1. The lowest BCUT2D eigenvalue weighted by Gasteiger charge is -2.10. The van der Waals surface area contributed by atoms with Crippen LogP contribution in [-0.4, -0.2) is 16.9 Å². The zero-order chi connectivity index (χ0) is 12.3. The van der Waals surface area contributed by atoms with Gasteiger partial charge < -0.3 is 10.5 Å². The highest BCUT2D eigenvalue weighted by molar-refractivity contribution is 5.33. The Hall–Kier alpha value is -1.81. The van der Waals surface area contributed by atoms with Gasteiger partial charge >= 0.3 is 0 Å². The van der Waals surface area contributed by atoms with Crippen molar-refractivity contribution in [1.82, 2.24) is 9.78 Å². The average Bonchev–Trinajstić information content (AvgIpc) is 2.87. The van der Waals surface area contributed by atoms with Crippen LogP contribution in [0.1, 0.15) is 24.1 Å². The highest BCUT2D eigenvalue weighted by atomic mass is 16.5. The number of benzene rings is 1.